The van der Waals surface area contributed by atoms with Crippen molar-refractivity contribution in [1.29, 1.82) is 0 Å². The van der Waals surface area contributed by atoms with Crippen molar-refractivity contribution in [3.63, 3.8) is 0 Å². The van der Waals surface area contributed by atoms with E-state index in [1.807, 2.05) is 13.2 Å². The first-order valence-electron chi connectivity index (χ1n) is 4.11. The van der Waals surface area contributed by atoms with Crippen LogP contribution in [-0.4, -0.2) is 30.0 Å². The van der Waals surface area contributed by atoms with Gasteiger partial charge in [-0.05, 0) is 13.2 Å². The summed E-state index contributed by atoms with van der Waals surface area (Å²) < 4.78 is 0. The molecule has 0 aromatic rings. The lowest BCUT2D eigenvalue weighted by atomic mass is 10.2. The number of nitrogens with one attached hydrogen (secondary N) is 1. The number of rotatable bonds is 5. The fraction of sp³-hybridized carbons (Fsp3) is 0.875. The molecule has 0 aliphatic heterocycles. The molecule has 72 valence electrons. The highest BCUT2D eigenvalue weighted by Gasteiger charge is 2.05. The minimum atomic E-state index is -0.0467. The van der Waals surface area contributed by atoms with E-state index in [-0.39, 0.29) is 11.9 Å². The molecule has 0 aromatic carbocycles. The van der Waals surface area contributed by atoms with Crippen molar-refractivity contribution in [2.24, 2.45) is 5.73 Å². The lowest BCUT2D eigenvalue weighted by Gasteiger charge is -2.10. The number of hydrogen-bond donors (Lipinski definition) is 2. The van der Waals surface area contributed by atoms with E-state index in [1.165, 1.54) is 0 Å². The second-order valence-electron chi connectivity index (χ2n) is 3.03. The van der Waals surface area contributed by atoms with E-state index in [2.05, 4.69) is 12.2 Å². The van der Waals surface area contributed by atoms with Crippen molar-refractivity contribution in [3.05, 3.63) is 0 Å². The maximum absolute atomic E-state index is 11.1. The van der Waals surface area contributed by atoms with E-state index < -0.39 is 0 Å². The van der Waals surface area contributed by atoms with E-state index in [0.717, 1.165) is 6.54 Å². The van der Waals surface area contributed by atoms with Gasteiger partial charge in [-0.1, -0.05) is 6.92 Å². The van der Waals surface area contributed by atoms with E-state index in [1.54, 1.807) is 11.8 Å². The SMILES string of the molecule is CSC(C)CNC(=O)CC(C)N. The van der Waals surface area contributed by atoms with Crippen LogP contribution in [0.4, 0.5) is 0 Å². The third kappa shape index (κ3) is 6.49. The Balaban J connectivity index is 3.44. The highest BCUT2D eigenvalue weighted by atomic mass is 32.2. The summed E-state index contributed by atoms with van der Waals surface area (Å²) >= 11 is 1.74. The number of carbonyl (C=O) groups excluding carboxylic acids is 1. The van der Waals surface area contributed by atoms with E-state index in [4.69, 9.17) is 5.73 Å². The molecule has 12 heavy (non-hydrogen) atoms. The lowest BCUT2D eigenvalue weighted by molar-refractivity contribution is -0.121. The largest absolute Gasteiger partial charge is 0.355 e. The molecule has 0 aliphatic rings. The van der Waals surface area contributed by atoms with Gasteiger partial charge in [0.25, 0.3) is 0 Å². The van der Waals surface area contributed by atoms with Crippen LogP contribution in [0.1, 0.15) is 20.3 Å². The van der Waals surface area contributed by atoms with Crippen molar-refractivity contribution < 1.29 is 4.79 Å². The molecule has 4 heteroatoms. The van der Waals surface area contributed by atoms with Crippen LogP contribution in [0.25, 0.3) is 0 Å². The highest BCUT2D eigenvalue weighted by molar-refractivity contribution is 7.99. The van der Waals surface area contributed by atoms with E-state index in [9.17, 15) is 4.79 Å². The minimum absolute atomic E-state index is 0.0467. The molecule has 0 heterocycles. The van der Waals surface area contributed by atoms with Gasteiger partial charge in [0.05, 0.1) is 0 Å². The van der Waals surface area contributed by atoms with Crippen LogP contribution in [-0.2, 0) is 4.79 Å². The van der Waals surface area contributed by atoms with E-state index in [0.29, 0.717) is 11.7 Å². The van der Waals surface area contributed by atoms with Crippen molar-refractivity contribution in [2.75, 3.05) is 12.8 Å². The van der Waals surface area contributed by atoms with Crippen LogP contribution >= 0.6 is 11.8 Å². The second-order valence-corrected chi connectivity index (χ2v) is 4.31. The maximum atomic E-state index is 11.1. The molecular formula is C8H18N2OS. The Morgan fingerprint density at radius 1 is 1.58 bits per heavy atom. The summed E-state index contributed by atoms with van der Waals surface area (Å²) in [7, 11) is 0. The fourth-order valence-electron chi connectivity index (χ4n) is 0.705. The summed E-state index contributed by atoms with van der Waals surface area (Å²) in [5, 5.41) is 3.30. The molecule has 2 unspecified atom stereocenters. The quantitative estimate of drug-likeness (QED) is 0.667. The molecule has 3 N–H and O–H groups in total. The number of amides is 1. The average molecular weight is 190 g/mol. The molecule has 1 amide bonds. The van der Waals surface area contributed by atoms with Crippen molar-refractivity contribution in [2.45, 2.75) is 31.6 Å². The summed E-state index contributed by atoms with van der Waals surface area (Å²) in [5.74, 6) is 0.0471. The van der Waals surface area contributed by atoms with Gasteiger partial charge in [0, 0.05) is 24.3 Å². The van der Waals surface area contributed by atoms with Crippen LogP contribution in [0, 0.1) is 0 Å². The first-order valence-corrected chi connectivity index (χ1v) is 5.40. The van der Waals surface area contributed by atoms with Gasteiger partial charge in [-0.2, -0.15) is 11.8 Å². The fourth-order valence-corrected chi connectivity index (χ4v) is 0.955. The Hall–Kier alpha value is -0.220. The van der Waals surface area contributed by atoms with Crippen LogP contribution in [0.3, 0.4) is 0 Å². The van der Waals surface area contributed by atoms with Gasteiger partial charge < -0.3 is 11.1 Å². The summed E-state index contributed by atoms with van der Waals surface area (Å²) in [6.07, 6.45) is 2.45. The molecule has 3 nitrogen and oxygen atoms in total. The monoisotopic (exact) mass is 190 g/mol. The molecule has 0 rings (SSSR count). The first kappa shape index (κ1) is 11.8. The highest BCUT2D eigenvalue weighted by Crippen LogP contribution is 2.02. The molecule has 0 saturated carbocycles. The smallest absolute Gasteiger partial charge is 0.221 e. The van der Waals surface area contributed by atoms with Crippen LogP contribution in [0.5, 0.6) is 0 Å². The lowest BCUT2D eigenvalue weighted by Crippen LogP contribution is -2.33. The summed E-state index contributed by atoms with van der Waals surface area (Å²) in [4.78, 5) is 11.1. The van der Waals surface area contributed by atoms with E-state index >= 15 is 0 Å². The van der Waals surface area contributed by atoms with Crippen LogP contribution in [0.15, 0.2) is 0 Å². The summed E-state index contributed by atoms with van der Waals surface area (Å²) in [5.41, 5.74) is 5.47. The molecule has 0 saturated heterocycles. The molecule has 0 fully saturated rings. The normalized spacial score (nSPS) is 15.3. The number of thioether (sulfide) groups is 1. The minimum Gasteiger partial charge on any atom is -0.355 e. The van der Waals surface area contributed by atoms with Gasteiger partial charge in [0.2, 0.25) is 5.91 Å². The Bertz CT molecular complexity index is 139. The van der Waals surface area contributed by atoms with Gasteiger partial charge in [0.1, 0.15) is 0 Å². The van der Waals surface area contributed by atoms with Crippen LogP contribution in [0.2, 0.25) is 0 Å². The number of carbonyl (C=O) groups is 1. The Morgan fingerprint density at radius 2 is 2.17 bits per heavy atom. The number of nitrogens with two attached hydrogens (primary N) is 1. The summed E-state index contributed by atoms with van der Waals surface area (Å²) in [6.45, 7) is 4.64. The second kappa shape index (κ2) is 6.31. The predicted octanol–water partition coefficient (Wildman–Crippen LogP) is 0.591. The van der Waals surface area contributed by atoms with Gasteiger partial charge in [-0.25, -0.2) is 0 Å². The zero-order chi connectivity index (χ0) is 9.56. The molecule has 0 aromatic heterocycles. The topological polar surface area (TPSA) is 55.1 Å². The number of hydrogen-bond acceptors (Lipinski definition) is 3. The Kier molecular flexibility index (Phi) is 6.20. The predicted molar refractivity (Wildman–Crippen MR) is 54.3 cm³/mol. The third-order valence-corrected chi connectivity index (χ3v) is 2.47. The zero-order valence-electron chi connectivity index (χ0n) is 7.96. The van der Waals surface area contributed by atoms with Crippen molar-refractivity contribution in [1.82, 2.24) is 5.32 Å². The van der Waals surface area contributed by atoms with Gasteiger partial charge in [-0.3, -0.25) is 4.79 Å². The molecule has 2 atom stereocenters. The van der Waals surface area contributed by atoms with Crippen molar-refractivity contribution in [3.8, 4) is 0 Å². The van der Waals surface area contributed by atoms with Gasteiger partial charge in [-0.15, -0.1) is 0 Å². The molecular weight excluding hydrogens is 172 g/mol. The summed E-state index contributed by atoms with van der Waals surface area (Å²) in [6, 6.07) is -0.0467. The first-order chi connectivity index (χ1) is 5.56. The van der Waals surface area contributed by atoms with Crippen molar-refractivity contribution >= 4 is 17.7 Å². The molecule has 0 bridgehead atoms. The van der Waals surface area contributed by atoms with Gasteiger partial charge in [0.15, 0.2) is 0 Å². The Morgan fingerprint density at radius 3 is 2.58 bits per heavy atom. The average Bonchev–Trinajstić information content (AvgIpc) is 1.99. The zero-order valence-corrected chi connectivity index (χ0v) is 8.78. The van der Waals surface area contributed by atoms with Crippen LogP contribution < -0.4 is 11.1 Å². The van der Waals surface area contributed by atoms with Gasteiger partial charge >= 0.3 is 0 Å². The third-order valence-electron chi connectivity index (χ3n) is 1.50. The molecule has 0 spiro atoms. The maximum Gasteiger partial charge on any atom is 0.221 e. The standard InChI is InChI=1S/C8H18N2OS/c1-6(9)4-8(11)10-5-7(2)12-3/h6-7H,4-5,9H2,1-3H3,(H,10,11). The Labute approximate surface area is 78.5 Å². The molecule has 0 radical (unpaired) electrons. The molecule has 0 aliphatic carbocycles.